The van der Waals surface area contributed by atoms with Crippen molar-refractivity contribution in [2.24, 2.45) is 0 Å². The third-order valence-electron chi connectivity index (χ3n) is 0.214. The Labute approximate surface area is 41.3 Å². The normalized spacial score (nSPS) is 6.67. The molecule has 0 N–H and O–H groups in total. The van der Waals surface area contributed by atoms with E-state index in [0.29, 0.717) is 0 Å². The van der Waals surface area contributed by atoms with E-state index in [1.807, 2.05) is 6.92 Å². The van der Waals surface area contributed by atoms with Gasteiger partial charge in [-0.15, -0.1) is 5.26 Å². The molecule has 0 saturated carbocycles. The molecule has 34 valence electrons. The Kier molecular flexibility index (Phi) is 4.36. The lowest BCUT2D eigenvalue weighted by atomic mass is 11.0. The molecule has 0 aliphatic rings. The Morgan fingerprint density at radius 1 is 2.00 bits per heavy atom. The first-order chi connectivity index (χ1) is 2.91. The van der Waals surface area contributed by atoms with E-state index in [0.717, 1.165) is 17.8 Å². The van der Waals surface area contributed by atoms with Crippen molar-refractivity contribution >= 4 is 12.0 Å². The third kappa shape index (κ3) is 3.64. The molecule has 0 bridgehead atoms. The molecule has 0 aliphatic heterocycles. The van der Waals surface area contributed by atoms with Gasteiger partial charge in [-0.25, -0.2) is 0 Å². The summed E-state index contributed by atoms with van der Waals surface area (Å²) in [7, 11) is 0. The van der Waals surface area contributed by atoms with Crippen LogP contribution >= 0.6 is 12.0 Å². The number of rotatable bonds is 2. The molecule has 0 spiro atoms. The molecule has 2 nitrogen and oxygen atoms in total. The van der Waals surface area contributed by atoms with Crippen LogP contribution in [0.15, 0.2) is 0 Å². The van der Waals surface area contributed by atoms with Crippen LogP contribution in [0.5, 0.6) is 0 Å². The number of nitriles is 1. The van der Waals surface area contributed by atoms with E-state index in [1.165, 1.54) is 6.26 Å². The Bertz CT molecular complexity index is 58.3. The van der Waals surface area contributed by atoms with Crippen LogP contribution in [0.2, 0.25) is 0 Å². The van der Waals surface area contributed by atoms with Gasteiger partial charge in [0.1, 0.15) is 0 Å². The van der Waals surface area contributed by atoms with Crippen molar-refractivity contribution in [1.29, 1.82) is 5.26 Å². The van der Waals surface area contributed by atoms with Gasteiger partial charge >= 0.3 is 0 Å². The highest BCUT2D eigenvalue weighted by atomic mass is 32.2. The maximum atomic E-state index is 7.70. The number of hydrogen-bond donors (Lipinski definition) is 0. The fourth-order valence-corrected chi connectivity index (χ4v) is 0.256. The zero-order chi connectivity index (χ0) is 4.83. The van der Waals surface area contributed by atoms with Crippen LogP contribution in [0.25, 0.3) is 0 Å². The highest BCUT2D eigenvalue weighted by Crippen LogP contribution is 1.96. The van der Waals surface area contributed by atoms with Gasteiger partial charge in [0.2, 0.25) is 0 Å². The summed E-state index contributed by atoms with van der Waals surface area (Å²) in [5.74, 6) is 0.827. The van der Waals surface area contributed by atoms with Gasteiger partial charge in [-0.2, -0.15) is 0 Å². The summed E-state index contributed by atoms with van der Waals surface area (Å²) in [6.07, 6.45) is 1.53. The Morgan fingerprint density at radius 2 is 2.67 bits per heavy atom. The first kappa shape index (κ1) is 5.64. The van der Waals surface area contributed by atoms with Crippen molar-refractivity contribution in [2.75, 3.05) is 5.75 Å². The predicted octanol–water partition coefficient (Wildman–Crippen LogP) is 1.15. The van der Waals surface area contributed by atoms with Gasteiger partial charge in [0.25, 0.3) is 6.26 Å². The fraction of sp³-hybridized carbons (Fsp3) is 0.667. The molecule has 0 aromatic rings. The molecule has 0 amide bonds. The van der Waals surface area contributed by atoms with Crippen molar-refractivity contribution in [1.82, 2.24) is 0 Å². The second-order valence-electron chi connectivity index (χ2n) is 0.581. The number of nitrogens with zero attached hydrogens (tertiary/aromatic N) is 1. The van der Waals surface area contributed by atoms with Gasteiger partial charge in [-0.3, -0.25) is 0 Å². The fourth-order valence-electron chi connectivity index (χ4n) is 0.0853. The minimum atomic E-state index is 0.827. The lowest BCUT2D eigenvalue weighted by Gasteiger charge is -1.80. The van der Waals surface area contributed by atoms with Gasteiger partial charge in [0, 0.05) is 5.75 Å². The summed E-state index contributed by atoms with van der Waals surface area (Å²) in [5.41, 5.74) is 0. The predicted molar refractivity (Wildman–Crippen MR) is 24.8 cm³/mol. The maximum Gasteiger partial charge on any atom is 0.299 e. The molecule has 3 heteroatoms. The van der Waals surface area contributed by atoms with Crippen molar-refractivity contribution in [3.63, 3.8) is 0 Å². The second-order valence-corrected chi connectivity index (χ2v) is 1.56. The zero-order valence-corrected chi connectivity index (χ0v) is 4.29. The molecule has 0 rings (SSSR count). The summed E-state index contributed by atoms with van der Waals surface area (Å²) in [6, 6.07) is 0. The summed E-state index contributed by atoms with van der Waals surface area (Å²) >= 11 is 1.15. The summed E-state index contributed by atoms with van der Waals surface area (Å²) in [6.45, 7) is 1.92. The van der Waals surface area contributed by atoms with Crippen LogP contribution in [0, 0.1) is 11.5 Å². The SMILES string of the molecule is CCSOC#N. The lowest BCUT2D eigenvalue weighted by molar-refractivity contribution is 0.595. The van der Waals surface area contributed by atoms with Crippen molar-refractivity contribution < 1.29 is 4.18 Å². The third-order valence-corrected chi connectivity index (χ3v) is 0.642. The van der Waals surface area contributed by atoms with Crippen LogP contribution in [-0.4, -0.2) is 5.75 Å². The second kappa shape index (κ2) is 4.64. The molecule has 6 heavy (non-hydrogen) atoms. The molecule has 0 aromatic carbocycles. The average molecular weight is 103 g/mol. The lowest BCUT2D eigenvalue weighted by Crippen LogP contribution is -1.64. The van der Waals surface area contributed by atoms with E-state index in [2.05, 4.69) is 4.18 Å². The van der Waals surface area contributed by atoms with Gasteiger partial charge in [0.05, 0.1) is 12.0 Å². The molecular weight excluding hydrogens is 98.1 g/mol. The Morgan fingerprint density at radius 3 is 2.83 bits per heavy atom. The quantitative estimate of drug-likeness (QED) is 0.298. The molecular formula is C3H5NOS. The van der Waals surface area contributed by atoms with E-state index < -0.39 is 0 Å². The molecule has 0 saturated heterocycles. The van der Waals surface area contributed by atoms with Crippen LogP contribution in [0.3, 0.4) is 0 Å². The van der Waals surface area contributed by atoms with E-state index in [1.54, 1.807) is 0 Å². The molecule has 0 aliphatic carbocycles. The van der Waals surface area contributed by atoms with Crippen LogP contribution < -0.4 is 0 Å². The maximum absolute atomic E-state index is 7.70. The highest BCUT2D eigenvalue weighted by molar-refractivity contribution is 7.94. The van der Waals surface area contributed by atoms with Crippen LogP contribution in [0.4, 0.5) is 0 Å². The summed E-state index contributed by atoms with van der Waals surface area (Å²) in [5, 5.41) is 7.70. The van der Waals surface area contributed by atoms with Crippen molar-refractivity contribution in [3.05, 3.63) is 0 Å². The minimum Gasteiger partial charge on any atom is -0.352 e. The van der Waals surface area contributed by atoms with E-state index in [-0.39, 0.29) is 0 Å². The van der Waals surface area contributed by atoms with Gasteiger partial charge in [-0.1, -0.05) is 6.92 Å². The molecule has 0 aromatic heterocycles. The summed E-state index contributed by atoms with van der Waals surface area (Å²) in [4.78, 5) is 0. The highest BCUT2D eigenvalue weighted by Gasteiger charge is 1.73. The zero-order valence-electron chi connectivity index (χ0n) is 3.47. The first-order valence-corrected chi connectivity index (χ1v) is 2.50. The van der Waals surface area contributed by atoms with E-state index >= 15 is 0 Å². The average Bonchev–Trinajstić information content (AvgIpc) is 1.61. The Balaban J connectivity index is 2.54. The smallest absolute Gasteiger partial charge is 0.299 e. The largest absolute Gasteiger partial charge is 0.352 e. The first-order valence-electron chi connectivity index (χ1n) is 1.59. The van der Waals surface area contributed by atoms with E-state index in [9.17, 15) is 0 Å². The van der Waals surface area contributed by atoms with Gasteiger partial charge < -0.3 is 4.18 Å². The van der Waals surface area contributed by atoms with Gasteiger partial charge in [-0.05, 0) is 0 Å². The molecule has 0 atom stereocenters. The van der Waals surface area contributed by atoms with Crippen LogP contribution in [-0.2, 0) is 4.18 Å². The molecule has 0 fully saturated rings. The van der Waals surface area contributed by atoms with Crippen LogP contribution in [0.1, 0.15) is 6.92 Å². The Hall–Kier alpha value is -0.360. The topological polar surface area (TPSA) is 33.0 Å². The molecule has 0 radical (unpaired) electrons. The molecule has 0 unspecified atom stereocenters. The van der Waals surface area contributed by atoms with Crippen molar-refractivity contribution in [2.45, 2.75) is 6.92 Å². The van der Waals surface area contributed by atoms with Crippen molar-refractivity contribution in [3.8, 4) is 6.26 Å². The molecule has 0 heterocycles. The van der Waals surface area contributed by atoms with Gasteiger partial charge in [0.15, 0.2) is 0 Å². The minimum absolute atomic E-state index is 0.827. The monoisotopic (exact) mass is 103 g/mol. The summed E-state index contributed by atoms with van der Waals surface area (Å²) < 4.78 is 4.20. The van der Waals surface area contributed by atoms with E-state index in [4.69, 9.17) is 5.26 Å². The standard InChI is InChI=1S/C3H5NOS/c1-2-6-5-3-4/h2H2,1H3. The number of hydrogen-bond acceptors (Lipinski definition) is 3.